The highest BCUT2D eigenvalue weighted by molar-refractivity contribution is 6.02. The second-order valence-electron chi connectivity index (χ2n) is 24.4. The van der Waals surface area contributed by atoms with Crippen molar-refractivity contribution < 1.29 is 38.1 Å². The number of fused-ring (bicyclic) bond motifs is 8. The number of aryl methyl sites for hydroxylation is 3. The number of ether oxygens (including phenoxy) is 4. The van der Waals surface area contributed by atoms with E-state index in [4.69, 9.17) is 18.9 Å². The largest absolute Gasteiger partial charge is 0.493 e. The zero-order valence-electron chi connectivity index (χ0n) is 55.6. The van der Waals surface area contributed by atoms with Crippen LogP contribution in [0.25, 0.3) is 0 Å². The third-order valence-corrected chi connectivity index (χ3v) is 16.2. The monoisotopic (exact) mass is 1250 g/mol. The molecule has 0 aliphatic heterocycles. The summed E-state index contributed by atoms with van der Waals surface area (Å²) in [6, 6.07) is 37.6. The van der Waals surface area contributed by atoms with Gasteiger partial charge < -0.3 is 56.2 Å². The van der Waals surface area contributed by atoms with Gasteiger partial charge in [0.1, 0.15) is 23.0 Å². The third-order valence-electron chi connectivity index (χ3n) is 16.2. The van der Waals surface area contributed by atoms with E-state index in [1.165, 1.54) is 0 Å². The molecule has 0 fully saturated rings. The average molecular weight is 1250 g/mol. The summed E-state index contributed by atoms with van der Waals surface area (Å²) in [5, 5.41) is 22.0. The highest BCUT2D eigenvalue weighted by Crippen LogP contribution is 2.43. The Labute approximate surface area is 545 Å². The molecule has 1 aliphatic rings. The summed E-state index contributed by atoms with van der Waals surface area (Å²) in [6.45, 7) is 18.5. The Morgan fingerprint density at radius 3 is 0.739 bits per heavy atom. The standard InChI is InChI=1S/C77H97N7O8/c1-9-14-19-36-89-71-55-40-57-46-67(82-75(86)79-63-30-24-52(6)25-31-63)48-59(72(57)90-37-20-15-10-2)42-61-50-69(84-77(88)81-65-34-28-54(8)29-35-65)51-62(74(61)92-39-22-17-12-4)43-60-49-68(83-76(87)80-64-32-26-53(7)27-33-64)47-58(73(60)91-38-21-16-11-3)41-56(71)45-66(44-55)78-70(85)23-18-13-5/h24-35,44-51H,9-23,36-43H2,1-8H3,(H,78,85)(H2,79,82,86)(H2,80,83,87)(H2,81,84,88). The van der Waals surface area contributed by atoms with Gasteiger partial charge in [0.2, 0.25) is 5.91 Å². The number of hydrogen-bond donors (Lipinski definition) is 7. The minimum atomic E-state index is -0.430. The van der Waals surface area contributed by atoms with Gasteiger partial charge in [0.25, 0.3) is 0 Å². The summed E-state index contributed by atoms with van der Waals surface area (Å²) < 4.78 is 28.5. The number of anilines is 7. The zero-order valence-corrected chi connectivity index (χ0v) is 55.6. The normalized spacial score (nSPS) is 11.7. The van der Waals surface area contributed by atoms with Gasteiger partial charge in [-0.3, -0.25) is 4.79 Å². The molecule has 488 valence electrons. The van der Waals surface area contributed by atoms with Crippen LogP contribution in [-0.4, -0.2) is 50.4 Å². The number of unbranched alkanes of at least 4 members (excludes halogenated alkanes) is 9. The Hall–Kier alpha value is -8.98. The first kappa shape index (κ1) is 68.9. The molecular weight excluding hydrogens is 1150 g/mol. The van der Waals surface area contributed by atoms with E-state index in [1.54, 1.807) is 0 Å². The molecule has 0 saturated carbocycles. The molecule has 0 atom stereocenters. The molecule has 0 aromatic heterocycles. The number of carbonyl (C=O) groups is 4. The lowest BCUT2D eigenvalue weighted by atomic mass is 9.90. The van der Waals surface area contributed by atoms with Crippen LogP contribution in [0.2, 0.25) is 0 Å². The molecule has 0 radical (unpaired) electrons. The van der Waals surface area contributed by atoms with Crippen LogP contribution in [0.1, 0.15) is 192 Å². The summed E-state index contributed by atoms with van der Waals surface area (Å²) in [5.41, 5.74) is 13.5. The average Bonchev–Trinajstić information content (AvgIpc) is 0.795. The van der Waals surface area contributed by atoms with Crippen molar-refractivity contribution in [2.75, 3.05) is 63.6 Å². The van der Waals surface area contributed by atoms with E-state index in [0.29, 0.717) is 95.7 Å². The van der Waals surface area contributed by atoms with Crippen LogP contribution in [0.15, 0.2) is 121 Å². The molecule has 0 spiro atoms. The fourth-order valence-electron chi connectivity index (χ4n) is 11.4. The second-order valence-corrected chi connectivity index (χ2v) is 24.4. The van der Waals surface area contributed by atoms with Crippen molar-refractivity contribution in [3.63, 3.8) is 0 Å². The number of nitrogens with one attached hydrogen (secondary N) is 7. The minimum Gasteiger partial charge on any atom is -0.493 e. The molecule has 7 N–H and O–H groups in total. The zero-order chi connectivity index (χ0) is 65.2. The van der Waals surface area contributed by atoms with Crippen LogP contribution < -0.4 is 56.2 Å². The molecule has 8 bridgehead atoms. The molecule has 15 nitrogen and oxygen atoms in total. The van der Waals surface area contributed by atoms with E-state index in [1.807, 2.05) is 142 Å². The lowest BCUT2D eigenvalue weighted by molar-refractivity contribution is -0.116. The van der Waals surface area contributed by atoms with Crippen LogP contribution in [0, 0.1) is 20.8 Å². The molecule has 15 heteroatoms. The summed E-state index contributed by atoms with van der Waals surface area (Å²) in [4.78, 5) is 56.8. The van der Waals surface area contributed by atoms with Crippen molar-refractivity contribution in [2.45, 2.75) is 177 Å². The number of urea groups is 3. The molecule has 1 aliphatic carbocycles. The van der Waals surface area contributed by atoms with Crippen molar-refractivity contribution in [3.8, 4) is 23.0 Å². The summed E-state index contributed by atoms with van der Waals surface area (Å²) in [5.74, 6) is 2.50. The molecule has 7 aromatic carbocycles. The van der Waals surface area contributed by atoms with Gasteiger partial charge in [0.05, 0.1) is 26.4 Å². The Kier molecular flexibility index (Phi) is 26.7. The van der Waals surface area contributed by atoms with E-state index >= 15 is 0 Å². The lowest BCUT2D eigenvalue weighted by Crippen LogP contribution is -2.20. The van der Waals surface area contributed by atoms with Gasteiger partial charge in [-0.1, -0.05) is 145 Å². The fourth-order valence-corrected chi connectivity index (χ4v) is 11.4. The molecular formula is C77H97N7O8. The number of carbonyl (C=O) groups excluding carboxylic acids is 4. The Balaban J connectivity index is 1.43. The van der Waals surface area contributed by atoms with Crippen molar-refractivity contribution in [1.82, 2.24) is 0 Å². The van der Waals surface area contributed by atoms with E-state index in [0.717, 1.165) is 151 Å². The first-order valence-electron chi connectivity index (χ1n) is 33.6. The first-order chi connectivity index (χ1) is 44.7. The van der Waals surface area contributed by atoms with Crippen molar-refractivity contribution in [3.05, 3.63) is 183 Å². The predicted octanol–water partition coefficient (Wildman–Crippen LogP) is 19.6. The van der Waals surface area contributed by atoms with E-state index in [2.05, 4.69) is 71.8 Å². The van der Waals surface area contributed by atoms with Crippen LogP contribution >= 0.6 is 0 Å². The molecule has 0 heterocycles. The molecule has 7 aromatic rings. The van der Waals surface area contributed by atoms with Gasteiger partial charge in [-0.2, -0.15) is 0 Å². The fraction of sp³-hybridized carbons (Fsp3) is 0.403. The van der Waals surface area contributed by atoms with Crippen molar-refractivity contribution in [2.24, 2.45) is 0 Å². The maximum absolute atomic E-state index is 14.3. The van der Waals surface area contributed by atoms with Gasteiger partial charge in [-0.25, -0.2) is 14.4 Å². The first-order valence-corrected chi connectivity index (χ1v) is 33.6. The molecule has 8 rings (SSSR count). The predicted molar refractivity (Wildman–Crippen MR) is 377 cm³/mol. The van der Waals surface area contributed by atoms with Crippen LogP contribution in [0.3, 0.4) is 0 Å². The number of benzene rings is 7. The van der Waals surface area contributed by atoms with Crippen molar-refractivity contribution in [1.29, 1.82) is 0 Å². The Bertz CT molecular complexity index is 3390. The highest BCUT2D eigenvalue weighted by atomic mass is 16.5. The second kappa shape index (κ2) is 35.6. The van der Waals surface area contributed by atoms with Gasteiger partial charge in [0.15, 0.2) is 0 Å². The van der Waals surface area contributed by atoms with E-state index in [-0.39, 0.29) is 31.6 Å². The topological polar surface area (TPSA) is 189 Å². The number of rotatable bonds is 30. The Morgan fingerprint density at radius 1 is 0.293 bits per heavy atom. The molecule has 0 unspecified atom stereocenters. The smallest absolute Gasteiger partial charge is 0.323 e. The summed E-state index contributed by atoms with van der Waals surface area (Å²) >= 11 is 0. The van der Waals surface area contributed by atoms with Gasteiger partial charge >= 0.3 is 18.1 Å². The minimum absolute atomic E-state index is 0.0982. The highest BCUT2D eigenvalue weighted by Gasteiger charge is 2.26. The SMILES string of the molecule is CCCCCOc1c2cc(NC(=O)CCCC)cc1Cc1cc(NC(=O)Nc3ccc(C)cc3)cc(c1OCCCCC)Cc1cc(NC(=O)Nc3ccc(C)cc3)cc(c1OCCCCC)Cc1cc(NC(=O)Nc3ccc(C)cc3)cc(c1OCCCCC)C2. The van der Waals surface area contributed by atoms with E-state index < -0.39 is 18.1 Å². The number of amides is 7. The maximum atomic E-state index is 14.3. The van der Waals surface area contributed by atoms with Crippen molar-refractivity contribution >= 4 is 63.8 Å². The van der Waals surface area contributed by atoms with Gasteiger partial charge in [0, 0.05) is 116 Å². The lowest BCUT2D eigenvalue weighted by Gasteiger charge is -2.25. The Morgan fingerprint density at radius 2 is 0.511 bits per heavy atom. The third kappa shape index (κ3) is 21.0. The molecule has 0 saturated heterocycles. The van der Waals surface area contributed by atoms with Gasteiger partial charge in [-0.15, -0.1) is 0 Å². The number of hydrogen-bond acceptors (Lipinski definition) is 8. The molecule has 7 amide bonds. The summed E-state index contributed by atoms with van der Waals surface area (Å²) in [7, 11) is 0. The van der Waals surface area contributed by atoms with Crippen LogP contribution in [0.4, 0.5) is 54.2 Å². The van der Waals surface area contributed by atoms with E-state index in [9.17, 15) is 19.2 Å². The van der Waals surface area contributed by atoms with Crippen LogP contribution in [0.5, 0.6) is 23.0 Å². The maximum Gasteiger partial charge on any atom is 0.323 e. The van der Waals surface area contributed by atoms with Crippen LogP contribution in [-0.2, 0) is 30.5 Å². The summed E-state index contributed by atoms with van der Waals surface area (Å²) in [6.07, 6.45) is 14.0. The van der Waals surface area contributed by atoms with Gasteiger partial charge in [-0.05, 0) is 138 Å². The quantitative estimate of drug-likeness (QED) is 0.0217. The molecule has 92 heavy (non-hydrogen) atoms.